The number of nitriles is 1. The van der Waals surface area contributed by atoms with Crippen molar-refractivity contribution in [1.29, 1.82) is 5.26 Å². The van der Waals surface area contributed by atoms with Gasteiger partial charge in [-0.15, -0.1) is 0 Å². The van der Waals surface area contributed by atoms with Crippen LogP contribution in [0.1, 0.15) is 36.2 Å². The zero-order valence-corrected chi connectivity index (χ0v) is 18.8. The molecule has 2 N–H and O–H groups in total. The molecular formula is C24H27N7O. The molecule has 1 aliphatic rings. The molecule has 0 aliphatic carbocycles. The van der Waals surface area contributed by atoms with Crippen molar-refractivity contribution in [3.63, 3.8) is 0 Å². The Bertz CT molecular complexity index is 1170. The lowest BCUT2D eigenvalue weighted by Gasteiger charge is -2.38. The molecule has 1 amide bonds. The summed E-state index contributed by atoms with van der Waals surface area (Å²) in [5.41, 5.74) is 5.30. The first-order chi connectivity index (χ1) is 15.4. The molecule has 1 aliphatic heterocycles. The summed E-state index contributed by atoms with van der Waals surface area (Å²) in [7, 11) is 1.96. The molecule has 1 atom stereocenters. The van der Waals surface area contributed by atoms with Crippen molar-refractivity contribution in [1.82, 2.24) is 14.8 Å². The van der Waals surface area contributed by atoms with Crippen molar-refractivity contribution in [3.05, 3.63) is 65.1 Å². The number of amides is 1. The topological polar surface area (TPSA) is 98.9 Å². The Kier molecular flexibility index (Phi) is 5.82. The molecule has 8 heteroatoms. The predicted molar refractivity (Wildman–Crippen MR) is 124 cm³/mol. The number of aryl methyl sites for hydroxylation is 1. The smallest absolute Gasteiger partial charge is 0.247 e. The van der Waals surface area contributed by atoms with Crippen LogP contribution in [0.5, 0.6) is 0 Å². The van der Waals surface area contributed by atoms with Crippen LogP contribution in [0, 0.1) is 24.2 Å². The number of likely N-dealkylation sites (N-methyl/N-ethyl adjacent to an activating group) is 1. The minimum Gasteiger partial charge on any atom is -0.366 e. The van der Waals surface area contributed by atoms with Gasteiger partial charge in [0.1, 0.15) is 11.9 Å². The van der Waals surface area contributed by atoms with Crippen molar-refractivity contribution in [3.8, 4) is 6.07 Å². The van der Waals surface area contributed by atoms with E-state index >= 15 is 0 Å². The summed E-state index contributed by atoms with van der Waals surface area (Å²) >= 11 is 0. The van der Waals surface area contributed by atoms with Crippen molar-refractivity contribution >= 4 is 23.1 Å². The van der Waals surface area contributed by atoms with E-state index in [2.05, 4.69) is 40.6 Å². The molecule has 32 heavy (non-hydrogen) atoms. The van der Waals surface area contributed by atoms with Gasteiger partial charge >= 0.3 is 0 Å². The van der Waals surface area contributed by atoms with E-state index < -0.39 is 0 Å². The van der Waals surface area contributed by atoms with E-state index in [0.717, 1.165) is 34.0 Å². The number of pyridine rings is 1. The van der Waals surface area contributed by atoms with Crippen molar-refractivity contribution in [2.45, 2.75) is 39.9 Å². The van der Waals surface area contributed by atoms with Gasteiger partial charge in [0.05, 0.1) is 41.4 Å². The Morgan fingerprint density at radius 1 is 1.25 bits per heavy atom. The highest BCUT2D eigenvalue weighted by Gasteiger charge is 2.34. The quantitative estimate of drug-likeness (QED) is 0.622. The van der Waals surface area contributed by atoms with E-state index in [1.807, 2.05) is 66.3 Å². The van der Waals surface area contributed by atoms with E-state index in [1.54, 1.807) is 0 Å². The van der Waals surface area contributed by atoms with Gasteiger partial charge < -0.3 is 15.5 Å². The summed E-state index contributed by atoms with van der Waals surface area (Å²) in [6.45, 7) is 7.23. The first kappa shape index (κ1) is 21.4. The van der Waals surface area contributed by atoms with Gasteiger partial charge in [-0.05, 0) is 30.5 Å². The van der Waals surface area contributed by atoms with E-state index in [4.69, 9.17) is 5.26 Å². The van der Waals surface area contributed by atoms with Gasteiger partial charge in [-0.1, -0.05) is 26.0 Å². The minimum atomic E-state index is -0.211. The van der Waals surface area contributed by atoms with E-state index in [0.29, 0.717) is 18.7 Å². The zero-order valence-electron chi connectivity index (χ0n) is 18.8. The monoisotopic (exact) mass is 429 g/mol. The SMILES string of the molecule is Cc1nc(NCc2cnn(Cc3ccc(C#N)cc3)c2)cc2c1NC(=O)[C@H](C(C)C)N2C. The van der Waals surface area contributed by atoms with Crippen LogP contribution in [0.4, 0.5) is 17.2 Å². The van der Waals surface area contributed by atoms with Crippen LogP contribution in [0.25, 0.3) is 0 Å². The van der Waals surface area contributed by atoms with Crippen LogP contribution in [-0.2, 0) is 17.9 Å². The van der Waals surface area contributed by atoms with Gasteiger partial charge in [-0.3, -0.25) is 9.48 Å². The van der Waals surface area contributed by atoms with Gasteiger partial charge in [0, 0.05) is 31.4 Å². The maximum atomic E-state index is 12.5. The highest BCUT2D eigenvalue weighted by Crippen LogP contribution is 2.36. The second kappa shape index (κ2) is 8.71. The number of carbonyl (C=O) groups excluding carboxylic acids is 1. The molecule has 8 nitrogen and oxygen atoms in total. The van der Waals surface area contributed by atoms with Crippen LogP contribution in [0.3, 0.4) is 0 Å². The maximum Gasteiger partial charge on any atom is 0.247 e. The first-order valence-corrected chi connectivity index (χ1v) is 10.7. The van der Waals surface area contributed by atoms with Crippen molar-refractivity contribution in [2.24, 2.45) is 5.92 Å². The zero-order chi connectivity index (χ0) is 22.8. The van der Waals surface area contributed by atoms with Gasteiger partial charge in [0.25, 0.3) is 0 Å². The third-order valence-electron chi connectivity index (χ3n) is 5.71. The number of benzene rings is 1. The van der Waals surface area contributed by atoms with Crippen LogP contribution >= 0.6 is 0 Å². The standard InChI is InChI=1S/C24H27N7O/c1-15(2)23-24(32)29-22-16(3)28-21(9-20(22)30(23)4)26-11-19-12-27-31(14-19)13-18-7-5-17(10-25)6-8-18/h5-9,12,14-15,23H,11,13H2,1-4H3,(H,26,28)(H,29,32)/t23-/m0/s1. The van der Waals surface area contributed by atoms with Crippen LogP contribution < -0.4 is 15.5 Å². The molecule has 3 heterocycles. The summed E-state index contributed by atoms with van der Waals surface area (Å²) in [6.07, 6.45) is 3.83. The Labute approximate surface area is 187 Å². The molecule has 0 saturated heterocycles. The van der Waals surface area contributed by atoms with Gasteiger partial charge in [0.2, 0.25) is 5.91 Å². The van der Waals surface area contributed by atoms with Crippen LogP contribution in [-0.4, -0.2) is 33.8 Å². The second-order valence-electron chi connectivity index (χ2n) is 8.48. The largest absolute Gasteiger partial charge is 0.366 e. The number of nitrogens with zero attached hydrogens (tertiary/aromatic N) is 5. The molecule has 164 valence electrons. The molecule has 1 aromatic carbocycles. The van der Waals surface area contributed by atoms with Gasteiger partial charge in [-0.2, -0.15) is 10.4 Å². The lowest BCUT2D eigenvalue weighted by atomic mass is 9.98. The van der Waals surface area contributed by atoms with E-state index in [1.165, 1.54) is 0 Å². The fraction of sp³-hybridized carbons (Fsp3) is 0.333. The number of aromatic nitrogens is 3. The van der Waals surface area contributed by atoms with Gasteiger partial charge in [-0.25, -0.2) is 4.98 Å². The summed E-state index contributed by atoms with van der Waals surface area (Å²) in [4.78, 5) is 19.2. The summed E-state index contributed by atoms with van der Waals surface area (Å²) in [5, 5.41) is 19.8. The predicted octanol–water partition coefficient (Wildman–Crippen LogP) is 3.53. The summed E-state index contributed by atoms with van der Waals surface area (Å²) in [5.74, 6) is 0.960. The Morgan fingerprint density at radius 3 is 2.69 bits per heavy atom. The molecule has 0 fully saturated rings. The summed E-state index contributed by atoms with van der Waals surface area (Å²) < 4.78 is 1.88. The molecule has 0 unspecified atom stereocenters. The Hall–Kier alpha value is -3.86. The fourth-order valence-corrected chi connectivity index (χ4v) is 4.10. The molecular weight excluding hydrogens is 402 g/mol. The third-order valence-corrected chi connectivity index (χ3v) is 5.71. The maximum absolute atomic E-state index is 12.5. The highest BCUT2D eigenvalue weighted by molar-refractivity contribution is 6.04. The molecule has 2 aromatic heterocycles. The summed E-state index contributed by atoms with van der Waals surface area (Å²) in [6, 6.07) is 11.4. The highest BCUT2D eigenvalue weighted by atomic mass is 16.2. The van der Waals surface area contributed by atoms with Crippen LogP contribution in [0.2, 0.25) is 0 Å². The third kappa shape index (κ3) is 4.28. The van der Waals surface area contributed by atoms with Crippen molar-refractivity contribution < 1.29 is 4.79 Å². The van der Waals surface area contributed by atoms with E-state index in [-0.39, 0.29) is 17.9 Å². The first-order valence-electron chi connectivity index (χ1n) is 10.7. The van der Waals surface area contributed by atoms with Crippen molar-refractivity contribution in [2.75, 3.05) is 22.6 Å². The number of nitrogens with one attached hydrogen (secondary N) is 2. The fourth-order valence-electron chi connectivity index (χ4n) is 4.10. The van der Waals surface area contributed by atoms with Crippen LogP contribution in [0.15, 0.2) is 42.7 Å². The molecule has 0 spiro atoms. The Balaban J connectivity index is 1.45. The number of hydrogen-bond donors (Lipinski definition) is 2. The number of carbonyl (C=O) groups is 1. The molecule has 4 rings (SSSR count). The Morgan fingerprint density at radius 2 is 2.00 bits per heavy atom. The average Bonchev–Trinajstić information content (AvgIpc) is 3.21. The second-order valence-corrected chi connectivity index (χ2v) is 8.48. The number of hydrogen-bond acceptors (Lipinski definition) is 6. The molecule has 0 bridgehead atoms. The minimum absolute atomic E-state index is 0.00953. The molecule has 0 saturated carbocycles. The lowest BCUT2D eigenvalue weighted by Crippen LogP contribution is -2.49. The number of rotatable bonds is 6. The average molecular weight is 430 g/mol. The number of fused-ring (bicyclic) bond motifs is 1. The molecule has 3 aromatic rings. The lowest BCUT2D eigenvalue weighted by molar-refractivity contribution is -0.118. The molecule has 0 radical (unpaired) electrons. The van der Waals surface area contributed by atoms with Gasteiger partial charge in [0.15, 0.2) is 0 Å². The normalized spacial score (nSPS) is 15.3. The number of anilines is 3. The van der Waals surface area contributed by atoms with E-state index in [9.17, 15) is 4.79 Å².